The lowest BCUT2D eigenvalue weighted by molar-refractivity contribution is -0.120. The van der Waals surface area contributed by atoms with E-state index in [9.17, 15) is 14.9 Å². The van der Waals surface area contributed by atoms with Crippen LogP contribution in [0.25, 0.3) is 11.7 Å². The number of ether oxygens (including phenoxy) is 1. The van der Waals surface area contributed by atoms with Crippen LogP contribution in [0.5, 0.6) is 0 Å². The number of carbonyl (C=O) groups is 2. The van der Waals surface area contributed by atoms with Crippen molar-refractivity contribution in [2.24, 2.45) is 5.92 Å². The van der Waals surface area contributed by atoms with E-state index >= 15 is 0 Å². The summed E-state index contributed by atoms with van der Waals surface area (Å²) in [7, 11) is 1.26. The van der Waals surface area contributed by atoms with Crippen LogP contribution in [-0.2, 0) is 9.53 Å². The number of hydrogen-bond acceptors (Lipinski definition) is 8. The zero-order chi connectivity index (χ0) is 22.7. The normalized spacial score (nSPS) is 14.1. The van der Waals surface area contributed by atoms with Gasteiger partial charge in [-0.2, -0.15) is 10.2 Å². The molecule has 0 aliphatic carbocycles. The van der Waals surface area contributed by atoms with E-state index in [0.29, 0.717) is 48.3 Å². The number of aromatic nitrogens is 1. The van der Waals surface area contributed by atoms with E-state index in [2.05, 4.69) is 10.3 Å². The number of benzene rings is 1. The summed E-state index contributed by atoms with van der Waals surface area (Å²) < 4.78 is 15.8. The highest BCUT2D eigenvalue weighted by atomic mass is 35.5. The van der Waals surface area contributed by atoms with Crippen LogP contribution in [0.2, 0.25) is 5.02 Å². The number of oxazole rings is 1. The Balaban J connectivity index is 1.43. The van der Waals surface area contributed by atoms with Crippen molar-refractivity contribution in [1.29, 1.82) is 5.26 Å². The molecule has 0 atom stereocenters. The van der Waals surface area contributed by atoms with Crippen molar-refractivity contribution in [2.75, 3.05) is 30.4 Å². The second kappa shape index (κ2) is 9.16. The van der Waals surface area contributed by atoms with E-state index in [1.807, 2.05) is 11.0 Å². The van der Waals surface area contributed by atoms with Crippen molar-refractivity contribution in [2.45, 2.75) is 12.8 Å². The van der Waals surface area contributed by atoms with Crippen molar-refractivity contribution in [3.63, 3.8) is 0 Å². The molecule has 1 aliphatic rings. The molecular formula is C22H19ClN4O5. The zero-order valence-corrected chi connectivity index (χ0v) is 17.9. The lowest BCUT2D eigenvalue weighted by Gasteiger charge is -2.31. The average Bonchev–Trinajstić information content (AvgIpc) is 3.49. The van der Waals surface area contributed by atoms with Crippen molar-refractivity contribution in [1.82, 2.24) is 4.98 Å². The number of esters is 1. The van der Waals surface area contributed by atoms with Gasteiger partial charge < -0.3 is 23.8 Å². The molecular weight excluding hydrogens is 436 g/mol. The first-order chi connectivity index (χ1) is 15.5. The minimum atomic E-state index is -0.584. The molecule has 4 rings (SSSR count). The summed E-state index contributed by atoms with van der Waals surface area (Å²) in [6.07, 6.45) is 2.57. The number of methoxy groups -OCH3 is 1. The number of anilines is 2. The number of halogens is 1. The molecule has 0 bridgehead atoms. The highest BCUT2D eigenvalue weighted by molar-refractivity contribution is 6.31. The predicted octanol–water partition coefficient (Wildman–Crippen LogP) is 4.10. The number of hydrogen-bond donors (Lipinski definition) is 1. The van der Waals surface area contributed by atoms with Crippen molar-refractivity contribution < 1.29 is 23.2 Å². The van der Waals surface area contributed by atoms with Gasteiger partial charge in [0.2, 0.25) is 17.5 Å². The first kappa shape index (κ1) is 21.5. The maximum Gasteiger partial charge on any atom is 0.340 e. The van der Waals surface area contributed by atoms with Gasteiger partial charge in [0.1, 0.15) is 6.07 Å². The van der Waals surface area contributed by atoms with Crippen LogP contribution >= 0.6 is 11.6 Å². The maximum atomic E-state index is 12.8. The van der Waals surface area contributed by atoms with Crippen molar-refractivity contribution in [3.05, 3.63) is 52.9 Å². The number of furan rings is 1. The number of nitrogens with one attached hydrogen (secondary N) is 1. The SMILES string of the molecule is COC(=O)c1cc(Cl)ccc1NC(=O)C1CCN(c2oc(-c3ccco3)nc2C#N)CC1. The van der Waals surface area contributed by atoms with Gasteiger partial charge in [0.15, 0.2) is 5.76 Å². The molecule has 1 aliphatic heterocycles. The molecule has 0 radical (unpaired) electrons. The van der Waals surface area contributed by atoms with Crippen LogP contribution in [0.4, 0.5) is 11.6 Å². The second-order valence-corrected chi connectivity index (χ2v) is 7.63. The van der Waals surface area contributed by atoms with Crippen LogP contribution in [0.3, 0.4) is 0 Å². The molecule has 32 heavy (non-hydrogen) atoms. The number of amides is 1. The molecule has 1 saturated heterocycles. The first-order valence-corrected chi connectivity index (χ1v) is 10.3. The van der Waals surface area contributed by atoms with Crippen LogP contribution < -0.4 is 10.2 Å². The lowest BCUT2D eigenvalue weighted by atomic mass is 9.95. The standard InChI is InChI=1S/C22H19ClN4O5/c1-30-22(29)15-11-14(23)4-5-16(15)25-19(28)13-6-8-27(9-7-13)21-17(12-24)26-20(32-21)18-3-2-10-31-18/h2-5,10-11,13H,6-9H2,1H3,(H,25,28). The first-order valence-electron chi connectivity index (χ1n) is 9.88. The minimum Gasteiger partial charge on any atom is -0.465 e. The van der Waals surface area contributed by atoms with Gasteiger partial charge in [0, 0.05) is 24.0 Å². The van der Waals surface area contributed by atoms with Gasteiger partial charge in [-0.15, -0.1) is 0 Å². The van der Waals surface area contributed by atoms with E-state index in [1.54, 1.807) is 24.3 Å². The predicted molar refractivity (Wildman–Crippen MR) is 115 cm³/mol. The Labute approximate surface area is 188 Å². The minimum absolute atomic E-state index is 0.170. The van der Waals surface area contributed by atoms with Crippen molar-refractivity contribution >= 4 is 35.0 Å². The Hall–Kier alpha value is -3.77. The van der Waals surface area contributed by atoms with E-state index in [4.69, 9.17) is 25.2 Å². The molecule has 1 amide bonds. The third kappa shape index (κ3) is 4.31. The largest absolute Gasteiger partial charge is 0.465 e. The number of rotatable bonds is 5. The molecule has 3 heterocycles. The molecule has 1 aromatic carbocycles. The van der Waals surface area contributed by atoms with Gasteiger partial charge in [0.25, 0.3) is 5.89 Å². The van der Waals surface area contributed by atoms with E-state index in [0.717, 1.165) is 0 Å². The Morgan fingerprint density at radius 1 is 1.31 bits per heavy atom. The lowest BCUT2D eigenvalue weighted by Crippen LogP contribution is -2.38. The molecule has 10 heteroatoms. The Morgan fingerprint density at radius 3 is 2.75 bits per heavy atom. The fourth-order valence-corrected chi connectivity index (χ4v) is 3.76. The molecule has 3 aromatic rings. The molecule has 0 unspecified atom stereocenters. The smallest absolute Gasteiger partial charge is 0.340 e. The van der Waals surface area contributed by atoms with Crippen molar-refractivity contribution in [3.8, 4) is 17.7 Å². The van der Waals surface area contributed by atoms with Gasteiger partial charge in [-0.1, -0.05) is 11.6 Å². The molecule has 9 nitrogen and oxygen atoms in total. The van der Waals surface area contributed by atoms with Crippen LogP contribution in [0.1, 0.15) is 28.9 Å². The summed E-state index contributed by atoms with van der Waals surface area (Å²) in [5.74, 6) is -0.0226. The van der Waals surface area contributed by atoms with Crippen LogP contribution in [0.15, 0.2) is 45.4 Å². The summed E-state index contributed by atoms with van der Waals surface area (Å²) in [6, 6.07) is 10.1. The number of carbonyl (C=O) groups excluding carboxylic acids is 2. The van der Waals surface area contributed by atoms with Gasteiger partial charge in [-0.3, -0.25) is 4.79 Å². The van der Waals surface area contributed by atoms with E-state index in [-0.39, 0.29) is 29.0 Å². The zero-order valence-electron chi connectivity index (χ0n) is 17.1. The molecule has 1 fully saturated rings. The maximum absolute atomic E-state index is 12.8. The third-order valence-electron chi connectivity index (χ3n) is 5.24. The number of piperidine rings is 1. The number of nitrogens with zero attached hydrogens (tertiary/aromatic N) is 3. The third-order valence-corrected chi connectivity index (χ3v) is 5.48. The summed E-state index contributed by atoms with van der Waals surface area (Å²) in [4.78, 5) is 30.9. The molecule has 164 valence electrons. The Kier molecular flexibility index (Phi) is 6.14. The Morgan fingerprint density at radius 2 is 2.09 bits per heavy atom. The van der Waals surface area contributed by atoms with Crippen LogP contribution in [-0.4, -0.2) is 37.1 Å². The van der Waals surface area contributed by atoms with E-state index in [1.165, 1.54) is 19.4 Å². The molecule has 0 spiro atoms. The fraction of sp³-hybridized carbons (Fsp3) is 0.273. The average molecular weight is 455 g/mol. The second-order valence-electron chi connectivity index (χ2n) is 7.19. The highest BCUT2D eigenvalue weighted by Gasteiger charge is 2.30. The number of nitriles is 1. The Bertz CT molecular complexity index is 1170. The van der Waals surface area contributed by atoms with Gasteiger partial charge in [-0.05, 0) is 43.2 Å². The molecule has 0 saturated carbocycles. The summed E-state index contributed by atoms with van der Waals surface area (Å²) in [5, 5.41) is 12.6. The molecule has 2 aromatic heterocycles. The highest BCUT2D eigenvalue weighted by Crippen LogP contribution is 2.32. The van der Waals surface area contributed by atoms with E-state index < -0.39 is 5.97 Å². The summed E-state index contributed by atoms with van der Waals surface area (Å²) in [6.45, 7) is 1.01. The van der Waals surface area contributed by atoms with Gasteiger partial charge in [-0.25, -0.2) is 4.79 Å². The monoisotopic (exact) mass is 454 g/mol. The quantitative estimate of drug-likeness (QED) is 0.572. The summed E-state index contributed by atoms with van der Waals surface area (Å²) >= 11 is 5.97. The topological polar surface area (TPSA) is 122 Å². The summed E-state index contributed by atoms with van der Waals surface area (Å²) in [5.41, 5.74) is 0.707. The van der Waals surface area contributed by atoms with Gasteiger partial charge in [0.05, 0.1) is 24.6 Å². The van der Waals surface area contributed by atoms with Crippen LogP contribution in [0, 0.1) is 17.2 Å². The fourth-order valence-electron chi connectivity index (χ4n) is 3.59. The molecule has 1 N–H and O–H groups in total. The van der Waals surface area contributed by atoms with Gasteiger partial charge >= 0.3 is 5.97 Å².